The molecule has 0 aromatic heterocycles. The summed E-state index contributed by atoms with van der Waals surface area (Å²) in [5.74, 6) is -3.92. The molecular weight excluding hydrogens is 559 g/mol. The Bertz CT molecular complexity index is 1240. The number of nitrogens with one attached hydrogen (secondary N) is 2. The number of amides is 2. The van der Waals surface area contributed by atoms with E-state index in [9.17, 15) is 31.5 Å². The van der Waals surface area contributed by atoms with Gasteiger partial charge in [-0.25, -0.2) is 8.78 Å². The quantitative estimate of drug-likeness (QED) is 0.419. The monoisotopic (exact) mass is 588 g/mol. The van der Waals surface area contributed by atoms with Gasteiger partial charge in [0.2, 0.25) is 5.91 Å². The predicted molar refractivity (Wildman–Crippen MR) is 141 cm³/mol. The summed E-state index contributed by atoms with van der Waals surface area (Å²) >= 11 is 6.19. The molecule has 7 nitrogen and oxygen atoms in total. The molecule has 0 saturated carbocycles. The summed E-state index contributed by atoms with van der Waals surface area (Å²) in [6, 6.07) is 6.82. The Morgan fingerprint density at radius 2 is 1.90 bits per heavy atom. The molecule has 2 aromatic carbocycles. The Morgan fingerprint density at radius 1 is 1.12 bits per heavy atom. The number of alkyl halides is 3. The fourth-order valence-corrected chi connectivity index (χ4v) is 5.03. The van der Waals surface area contributed by atoms with Gasteiger partial charge in [0.05, 0.1) is 23.4 Å². The zero-order valence-electron chi connectivity index (χ0n) is 21.8. The van der Waals surface area contributed by atoms with Gasteiger partial charge in [0.15, 0.2) is 11.6 Å². The average molecular weight is 589 g/mol. The van der Waals surface area contributed by atoms with Crippen LogP contribution in [-0.4, -0.2) is 67.8 Å². The number of carbonyl (C=O) groups excluding carboxylic acids is 2. The Balaban J connectivity index is 1.44. The number of hydrogen-bond acceptors (Lipinski definition) is 5. The summed E-state index contributed by atoms with van der Waals surface area (Å²) in [5, 5.41) is 5.49. The number of ether oxygens (including phenoxy) is 1. The van der Waals surface area contributed by atoms with Gasteiger partial charge in [0, 0.05) is 56.0 Å². The van der Waals surface area contributed by atoms with Crippen LogP contribution in [0.4, 0.5) is 33.3 Å². The fourth-order valence-electron chi connectivity index (χ4n) is 4.86. The van der Waals surface area contributed by atoms with Crippen LogP contribution in [0.5, 0.6) is 0 Å². The minimum Gasteiger partial charge on any atom is -0.368 e. The smallest absolute Gasteiger partial charge is 0.368 e. The molecule has 13 heteroatoms. The van der Waals surface area contributed by atoms with Gasteiger partial charge in [-0.2, -0.15) is 13.2 Å². The number of nitrogens with zero attached hydrogens (tertiary/aromatic N) is 2. The Morgan fingerprint density at radius 3 is 2.58 bits per heavy atom. The molecule has 0 spiro atoms. The van der Waals surface area contributed by atoms with E-state index in [0.29, 0.717) is 43.4 Å². The van der Waals surface area contributed by atoms with E-state index in [2.05, 4.69) is 10.6 Å². The molecule has 2 atom stereocenters. The molecule has 2 heterocycles. The summed E-state index contributed by atoms with van der Waals surface area (Å²) in [6.45, 7) is 3.01. The topological polar surface area (TPSA) is 73.9 Å². The molecular formula is C27H30ClF5N4O3. The lowest BCUT2D eigenvalue weighted by Crippen LogP contribution is -2.52. The van der Waals surface area contributed by atoms with Crippen molar-refractivity contribution >= 4 is 34.8 Å². The van der Waals surface area contributed by atoms with E-state index in [0.717, 1.165) is 12.5 Å². The molecule has 2 saturated heterocycles. The third-order valence-electron chi connectivity index (χ3n) is 7.08. The minimum absolute atomic E-state index is 0.115. The molecule has 0 radical (unpaired) electrons. The van der Waals surface area contributed by atoms with Gasteiger partial charge in [0.25, 0.3) is 5.91 Å². The van der Waals surface area contributed by atoms with Crippen LogP contribution in [0, 0.1) is 11.6 Å². The third kappa shape index (κ3) is 7.41. The van der Waals surface area contributed by atoms with Crippen molar-refractivity contribution < 1.29 is 36.3 Å². The number of anilines is 2. The third-order valence-corrected chi connectivity index (χ3v) is 7.31. The average Bonchev–Trinajstić information content (AvgIpc) is 3.44. The van der Waals surface area contributed by atoms with Crippen LogP contribution in [-0.2, 0) is 16.1 Å². The van der Waals surface area contributed by atoms with Crippen molar-refractivity contribution in [2.24, 2.45) is 0 Å². The first-order valence-corrected chi connectivity index (χ1v) is 13.3. The highest BCUT2D eigenvalue weighted by Gasteiger charge is 2.32. The van der Waals surface area contributed by atoms with Crippen molar-refractivity contribution in [3.8, 4) is 0 Å². The van der Waals surface area contributed by atoms with Crippen molar-refractivity contribution in [3.63, 3.8) is 0 Å². The SMILES string of the molecule is C[C@@H]1CN(c2cc(Cl)ccc2NC(=O)c2ccc(CNC(=O)[C@@H]3CCCO3)c(F)c2F)CCN1CCC(F)(F)F. The minimum atomic E-state index is -4.24. The Labute approximate surface area is 233 Å². The maximum atomic E-state index is 14.9. The van der Waals surface area contributed by atoms with Crippen LogP contribution in [0.15, 0.2) is 30.3 Å². The zero-order chi connectivity index (χ0) is 29.0. The highest BCUT2D eigenvalue weighted by atomic mass is 35.5. The second-order valence-corrected chi connectivity index (χ2v) is 10.4. The molecule has 2 amide bonds. The number of carbonyl (C=O) groups is 2. The summed E-state index contributed by atoms with van der Waals surface area (Å²) < 4.78 is 73.0. The number of hydrogen-bond donors (Lipinski definition) is 2. The summed E-state index contributed by atoms with van der Waals surface area (Å²) in [6.07, 6.45) is -4.46. The Kier molecular flexibility index (Phi) is 9.52. The Hall–Kier alpha value is -2.96. The molecule has 0 aliphatic carbocycles. The lowest BCUT2D eigenvalue weighted by atomic mass is 10.1. The van der Waals surface area contributed by atoms with E-state index >= 15 is 0 Å². The van der Waals surface area contributed by atoms with E-state index in [1.807, 2.05) is 11.8 Å². The van der Waals surface area contributed by atoms with E-state index < -0.39 is 47.7 Å². The number of halogens is 6. The van der Waals surface area contributed by atoms with E-state index in [4.69, 9.17) is 16.3 Å². The van der Waals surface area contributed by atoms with Crippen molar-refractivity contribution in [1.82, 2.24) is 10.2 Å². The molecule has 2 aromatic rings. The maximum Gasteiger partial charge on any atom is 0.390 e. The molecule has 218 valence electrons. The molecule has 2 aliphatic heterocycles. The normalized spacial score (nSPS) is 20.0. The molecule has 2 fully saturated rings. The first kappa shape index (κ1) is 30.0. The van der Waals surface area contributed by atoms with Crippen LogP contribution in [0.1, 0.15) is 42.1 Å². The molecule has 40 heavy (non-hydrogen) atoms. The number of benzene rings is 2. The second-order valence-electron chi connectivity index (χ2n) is 9.93. The standard InChI is InChI=1S/C27H30ClF5N4O3/c1-16-15-37(11-10-36(16)9-8-27(31,32)33)21-13-18(28)5-7-20(21)35-25(38)19-6-4-17(23(29)24(19)30)14-34-26(39)22-3-2-12-40-22/h4-7,13,16,22H,2-3,8-12,14-15H2,1H3,(H,34,39)(H,35,38)/t16-,22+/m1/s1. The molecule has 0 unspecified atom stereocenters. The molecule has 4 rings (SSSR count). The van der Waals surface area contributed by atoms with E-state index in [1.54, 1.807) is 11.0 Å². The molecule has 2 aliphatic rings. The first-order valence-electron chi connectivity index (χ1n) is 13.0. The van der Waals surface area contributed by atoms with Gasteiger partial charge < -0.3 is 20.3 Å². The predicted octanol–water partition coefficient (Wildman–Crippen LogP) is 5.13. The van der Waals surface area contributed by atoms with Crippen molar-refractivity contribution in [2.45, 2.75) is 51.1 Å². The molecule has 0 bridgehead atoms. The first-order chi connectivity index (χ1) is 18.9. The molecule has 2 N–H and O–H groups in total. The van der Waals surface area contributed by atoms with Crippen LogP contribution in [0.3, 0.4) is 0 Å². The van der Waals surface area contributed by atoms with E-state index in [1.165, 1.54) is 18.2 Å². The summed E-state index contributed by atoms with van der Waals surface area (Å²) in [4.78, 5) is 28.7. The summed E-state index contributed by atoms with van der Waals surface area (Å²) in [7, 11) is 0. The number of rotatable bonds is 8. The van der Waals surface area contributed by atoms with Gasteiger partial charge in [-0.05, 0) is 44.0 Å². The van der Waals surface area contributed by atoms with Gasteiger partial charge in [0.1, 0.15) is 6.10 Å². The highest BCUT2D eigenvalue weighted by molar-refractivity contribution is 6.31. The van der Waals surface area contributed by atoms with Crippen LogP contribution in [0.25, 0.3) is 0 Å². The lowest BCUT2D eigenvalue weighted by molar-refractivity contribution is -0.139. The van der Waals surface area contributed by atoms with Gasteiger partial charge in [-0.1, -0.05) is 17.7 Å². The zero-order valence-corrected chi connectivity index (χ0v) is 22.5. The van der Waals surface area contributed by atoms with Crippen molar-refractivity contribution in [3.05, 3.63) is 58.1 Å². The van der Waals surface area contributed by atoms with Crippen molar-refractivity contribution in [2.75, 3.05) is 43.0 Å². The highest BCUT2D eigenvalue weighted by Crippen LogP contribution is 2.32. The maximum absolute atomic E-state index is 14.9. The van der Waals surface area contributed by atoms with Crippen molar-refractivity contribution in [1.29, 1.82) is 0 Å². The second kappa shape index (κ2) is 12.7. The largest absolute Gasteiger partial charge is 0.390 e. The van der Waals surface area contributed by atoms with Gasteiger partial charge >= 0.3 is 6.18 Å². The van der Waals surface area contributed by atoms with Crippen LogP contribution >= 0.6 is 11.6 Å². The lowest BCUT2D eigenvalue weighted by Gasteiger charge is -2.41. The van der Waals surface area contributed by atoms with Crippen LogP contribution < -0.4 is 15.5 Å². The number of piperazine rings is 1. The van der Waals surface area contributed by atoms with Gasteiger partial charge in [-0.3, -0.25) is 14.5 Å². The van der Waals surface area contributed by atoms with E-state index in [-0.39, 0.29) is 30.4 Å². The van der Waals surface area contributed by atoms with Crippen LogP contribution in [0.2, 0.25) is 5.02 Å². The summed E-state index contributed by atoms with van der Waals surface area (Å²) in [5.41, 5.74) is 0.151. The van der Waals surface area contributed by atoms with Gasteiger partial charge in [-0.15, -0.1) is 0 Å². The fraction of sp³-hybridized carbons (Fsp3) is 0.481.